The number of anilines is 1. The highest BCUT2D eigenvalue weighted by Gasteiger charge is 2.20. The van der Waals surface area contributed by atoms with Crippen LogP contribution in [-0.2, 0) is 6.42 Å². The maximum Gasteiger partial charge on any atom is 0.171 e. The fourth-order valence-electron chi connectivity index (χ4n) is 1.40. The molecule has 1 atom stereocenters. The van der Waals surface area contributed by atoms with E-state index < -0.39 is 0 Å². The lowest BCUT2D eigenvalue weighted by Crippen LogP contribution is -2.43. The van der Waals surface area contributed by atoms with Gasteiger partial charge in [-0.2, -0.15) is 0 Å². The molecular weight excluding hydrogens is 240 g/mol. The molecule has 100 valence electrons. The summed E-state index contributed by atoms with van der Waals surface area (Å²) in [5.41, 5.74) is 2.56. The number of hydrogen-bond donors (Lipinski definition) is 2. The maximum atomic E-state index is 5.32. The Morgan fingerprint density at radius 2 is 1.78 bits per heavy atom. The Kier molecular flexibility index (Phi) is 5.15. The number of benzene rings is 1. The van der Waals surface area contributed by atoms with Gasteiger partial charge in [0.25, 0.3) is 0 Å². The van der Waals surface area contributed by atoms with Crippen molar-refractivity contribution in [1.82, 2.24) is 5.32 Å². The quantitative estimate of drug-likeness (QED) is 0.808. The number of aryl methyl sites for hydroxylation is 1. The lowest BCUT2D eigenvalue weighted by Gasteiger charge is -2.29. The summed E-state index contributed by atoms with van der Waals surface area (Å²) in [5, 5.41) is 7.22. The van der Waals surface area contributed by atoms with Crippen LogP contribution in [0.2, 0.25) is 0 Å². The van der Waals surface area contributed by atoms with Crippen molar-refractivity contribution in [3.8, 4) is 0 Å². The Labute approximate surface area is 116 Å². The van der Waals surface area contributed by atoms with Crippen molar-refractivity contribution in [3.63, 3.8) is 0 Å². The summed E-state index contributed by atoms with van der Waals surface area (Å²) >= 11 is 5.32. The molecule has 0 amide bonds. The summed E-state index contributed by atoms with van der Waals surface area (Å²) in [7, 11) is 0. The molecule has 0 bridgehead atoms. The van der Waals surface area contributed by atoms with E-state index in [9.17, 15) is 0 Å². The summed E-state index contributed by atoms with van der Waals surface area (Å²) in [6.45, 7) is 10.9. The van der Waals surface area contributed by atoms with E-state index in [0.29, 0.717) is 11.2 Å². The van der Waals surface area contributed by atoms with Gasteiger partial charge in [0.2, 0.25) is 0 Å². The Hall–Kier alpha value is -1.09. The molecule has 0 saturated carbocycles. The molecule has 3 heteroatoms. The molecule has 0 aliphatic carbocycles. The molecule has 1 aromatic carbocycles. The van der Waals surface area contributed by atoms with E-state index in [1.54, 1.807) is 0 Å². The summed E-state index contributed by atoms with van der Waals surface area (Å²) in [4.78, 5) is 0. The van der Waals surface area contributed by atoms with Gasteiger partial charge in [-0.15, -0.1) is 0 Å². The van der Waals surface area contributed by atoms with Crippen molar-refractivity contribution in [3.05, 3.63) is 29.8 Å². The molecule has 2 nitrogen and oxygen atoms in total. The molecule has 1 unspecified atom stereocenters. The Bertz CT molecular complexity index is 390. The van der Waals surface area contributed by atoms with E-state index in [0.717, 1.165) is 12.1 Å². The molecule has 2 N–H and O–H groups in total. The van der Waals surface area contributed by atoms with E-state index in [2.05, 4.69) is 69.5 Å². The molecule has 0 radical (unpaired) electrons. The van der Waals surface area contributed by atoms with Gasteiger partial charge < -0.3 is 10.6 Å². The van der Waals surface area contributed by atoms with Crippen molar-refractivity contribution in [2.45, 2.75) is 47.1 Å². The van der Waals surface area contributed by atoms with Crippen molar-refractivity contribution in [2.24, 2.45) is 5.41 Å². The van der Waals surface area contributed by atoms with Gasteiger partial charge in [0.1, 0.15) is 0 Å². The third kappa shape index (κ3) is 4.65. The summed E-state index contributed by atoms with van der Waals surface area (Å²) in [6.07, 6.45) is 1.06. The highest BCUT2D eigenvalue weighted by Crippen LogP contribution is 2.18. The van der Waals surface area contributed by atoms with Crippen molar-refractivity contribution >= 4 is 23.0 Å². The van der Waals surface area contributed by atoms with Crippen LogP contribution < -0.4 is 10.6 Å². The SMILES string of the molecule is CCc1ccc(NC(=S)NC(C)C(C)(C)C)cc1. The van der Waals surface area contributed by atoms with Gasteiger partial charge in [-0.25, -0.2) is 0 Å². The Balaban J connectivity index is 2.54. The molecule has 18 heavy (non-hydrogen) atoms. The van der Waals surface area contributed by atoms with Gasteiger partial charge in [0, 0.05) is 11.7 Å². The predicted octanol–water partition coefficient (Wildman–Crippen LogP) is 3.97. The summed E-state index contributed by atoms with van der Waals surface area (Å²) < 4.78 is 0. The molecule has 0 aromatic heterocycles. The third-order valence-electron chi connectivity index (χ3n) is 3.27. The van der Waals surface area contributed by atoms with E-state index in [1.807, 2.05) is 0 Å². The van der Waals surface area contributed by atoms with Crippen LogP contribution in [0.1, 0.15) is 40.2 Å². The first kappa shape index (κ1) is 15.0. The van der Waals surface area contributed by atoms with Crippen molar-refractivity contribution in [2.75, 3.05) is 5.32 Å². The lowest BCUT2D eigenvalue weighted by molar-refractivity contribution is 0.317. The first-order valence-electron chi connectivity index (χ1n) is 6.49. The van der Waals surface area contributed by atoms with Gasteiger partial charge in [-0.1, -0.05) is 39.8 Å². The van der Waals surface area contributed by atoms with Gasteiger partial charge in [-0.05, 0) is 48.7 Å². The molecule has 0 spiro atoms. The number of hydrogen-bond acceptors (Lipinski definition) is 1. The average Bonchev–Trinajstić information content (AvgIpc) is 2.28. The predicted molar refractivity (Wildman–Crippen MR) is 84.1 cm³/mol. The van der Waals surface area contributed by atoms with E-state index in [4.69, 9.17) is 12.2 Å². The largest absolute Gasteiger partial charge is 0.359 e. The first-order valence-corrected chi connectivity index (χ1v) is 6.90. The highest BCUT2D eigenvalue weighted by atomic mass is 32.1. The number of rotatable bonds is 3. The first-order chi connectivity index (χ1) is 8.32. The zero-order chi connectivity index (χ0) is 13.8. The Morgan fingerprint density at radius 1 is 1.22 bits per heavy atom. The maximum absolute atomic E-state index is 5.32. The fraction of sp³-hybridized carbons (Fsp3) is 0.533. The molecule has 0 aliphatic heterocycles. The van der Waals surface area contributed by atoms with Gasteiger partial charge in [0.15, 0.2) is 5.11 Å². The molecule has 1 aromatic rings. The second-order valence-corrected chi connectivity index (χ2v) is 6.14. The molecule has 1 rings (SSSR count). The van der Waals surface area contributed by atoms with Crippen LogP contribution in [-0.4, -0.2) is 11.2 Å². The standard InChI is InChI=1S/C15H24N2S/c1-6-12-7-9-13(10-8-12)17-14(18)16-11(2)15(3,4)5/h7-11H,6H2,1-5H3,(H2,16,17,18). The van der Waals surface area contributed by atoms with E-state index in [1.165, 1.54) is 5.56 Å². The van der Waals surface area contributed by atoms with Crippen LogP contribution in [0.15, 0.2) is 24.3 Å². The molecule has 0 heterocycles. The fourth-order valence-corrected chi connectivity index (χ4v) is 1.70. The normalized spacial score (nSPS) is 12.9. The molecule has 0 saturated heterocycles. The van der Waals surface area contributed by atoms with E-state index >= 15 is 0 Å². The van der Waals surface area contributed by atoms with Crippen LogP contribution in [0.4, 0.5) is 5.69 Å². The average molecular weight is 264 g/mol. The third-order valence-corrected chi connectivity index (χ3v) is 3.49. The van der Waals surface area contributed by atoms with Crippen LogP contribution in [0.5, 0.6) is 0 Å². The second kappa shape index (κ2) is 6.19. The minimum Gasteiger partial charge on any atom is -0.359 e. The second-order valence-electron chi connectivity index (χ2n) is 5.74. The molecule has 0 fully saturated rings. The van der Waals surface area contributed by atoms with Crippen LogP contribution in [0.25, 0.3) is 0 Å². The zero-order valence-corrected chi connectivity index (χ0v) is 12.8. The highest BCUT2D eigenvalue weighted by molar-refractivity contribution is 7.80. The number of nitrogens with one attached hydrogen (secondary N) is 2. The zero-order valence-electron chi connectivity index (χ0n) is 12.0. The Morgan fingerprint density at radius 3 is 2.22 bits per heavy atom. The van der Waals surface area contributed by atoms with Crippen molar-refractivity contribution < 1.29 is 0 Å². The van der Waals surface area contributed by atoms with Crippen LogP contribution in [0.3, 0.4) is 0 Å². The number of thiocarbonyl (C=S) groups is 1. The van der Waals surface area contributed by atoms with E-state index in [-0.39, 0.29) is 5.41 Å². The molecular formula is C15H24N2S. The van der Waals surface area contributed by atoms with Gasteiger partial charge >= 0.3 is 0 Å². The smallest absolute Gasteiger partial charge is 0.171 e. The van der Waals surface area contributed by atoms with Gasteiger partial charge in [0.05, 0.1) is 0 Å². The summed E-state index contributed by atoms with van der Waals surface area (Å²) in [6, 6.07) is 8.70. The lowest BCUT2D eigenvalue weighted by atomic mass is 9.88. The molecule has 0 aliphatic rings. The van der Waals surface area contributed by atoms with Gasteiger partial charge in [-0.3, -0.25) is 0 Å². The minimum absolute atomic E-state index is 0.192. The minimum atomic E-state index is 0.192. The monoisotopic (exact) mass is 264 g/mol. The summed E-state index contributed by atoms with van der Waals surface area (Å²) in [5.74, 6) is 0. The van der Waals surface area contributed by atoms with Crippen LogP contribution in [0, 0.1) is 5.41 Å². The van der Waals surface area contributed by atoms with Crippen LogP contribution >= 0.6 is 12.2 Å². The topological polar surface area (TPSA) is 24.1 Å². The van der Waals surface area contributed by atoms with Crippen molar-refractivity contribution in [1.29, 1.82) is 0 Å².